The number of carbonyl (C=O) groups is 2. The summed E-state index contributed by atoms with van der Waals surface area (Å²) >= 11 is 1.80. The van der Waals surface area contributed by atoms with E-state index < -0.39 is 22.7 Å². The molecule has 4 nitrogen and oxygen atoms in total. The van der Waals surface area contributed by atoms with Gasteiger partial charge in [0.2, 0.25) is 0 Å². The third kappa shape index (κ3) is 4.37. The van der Waals surface area contributed by atoms with E-state index in [4.69, 9.17) is 4.74 Å². The molecule has 3 aromatic rings. The van der Waals surface area contributed by atoms with Crippen molar-refractivity contribution in [1.82, 2.24) is 0 Å². The predicted molar refractivity (Wildman–Crippen MR) is 99.0 cm³/mol. The molecule has 27 heavy (non-hydrogen) atoms. The third-order valence-electron chi connectivity index (χ3n) is 3.57. The number of ketones is 1. The number of carbonyl (C=O) groups excluding carboxylic acids is 2. The molecule has 0 bridgehead atoms. The first-order valence-corrected chi connectivity index (χ1v) is 9.23. The van der Waals surface area contributed by atoms with Crippen LogP contribution in [-0.2, 0) is 0 Å². The molecule has 3 rings (SSSR count). The minimum absolute atomic E-state index is 0.0296. The van der Waals surface area contributed by atoms with Gasteiger partial charge in [0, 0.05) is 5.38 Å². The second kappa shape index (κ2) is 7.53. The smallest absolute Gasteiger partial charge is 0.455 e. The first kappa shape index (κ1) is 19.1. The molecular weight excluding hydrogens is 399 g/mol. The number of rotatable bonds is 5. The number of thiophene rings is 2. The summed E-state index contributed by atoms with van der Waals surface area (Å²) in [6, 6.07) is 11.4. The number of methoxy groups -OCH3 is 1. The summed E-state index contributed by atoms with van der Waals surface area (Å²) in [4.78, 5) is 23.0. The number of benzene rings is 1. The van der Waals surface area contributed by atoms with Gasteiger partial charge in [0.05, 0.1) is 21.9 Å². The van der Waals surface area contributed by atoms with Crippen molar-refractivity contribution in [3.63, 3.8) is 0 Å². The first-order chi connectivity index (χ1) is 12.8. The number of Topliss-reactive ketones (excluding diaryl/α,β-unsaturated/α-hetero) is 1. The highest BCUT2D eigenvalue weighted by Gasteiger charge is 2.40. The number of ether oxygens (including phenoxy) is 1. The summed E-state index contributed by atoms with van der Waals surface area (Å²) in [6.07, 6.45) is -4.96. The zero-order valence-electron chi connectivity index (χ0n) is 13.8. The molecule has 2 aromatic heterocycles. The molecular formula is C18H12F3NO3S2. The van der Waals surface area contributed by atoms with Crippen LogP contribution in [0.3, 0.4) is 0 Å². The molecule has 0 spiro atoms. The Hall–Kier alpha value is -2.65. The predicted octanol–water partition coefficient (Wildman–Crippen LogP) is 5.48. The summed E-state index contributed by atoms with van der Waals surface area (Å²) in [5, 5.41) is 5.03. The highest BCUT2D eigenvalue weighted by molar-refractivity contribution is 7.16. The first-order valence-electron chi connectivity index (χ1n) is 7.53. The van der Waals surface area contributed by atoms with E-state index >= 15 is 0 Å². The Morgan fingerprint density at radius 2 is 1.67 bits per heavy atom. The van der Waals surface area contributed by atoms with Crippen molar-refractivity contribution in [3.05, 3.63) is 57.6 Å². The third-order valence-corrected chi connectivity index (χ3v) is 5.50. The number of amides is 1. The molecule has 0 fully saturated rings. The van der Waals surface area contributed by atoms with Gasteiger partial charge in [-0.2, -0.15) is 13.2 Å². The Morgan fingerprint density at radius 3 is 2.30 bits per heavy atom. The molecule has 1 aromatic carbocycles. The van der Waals surface area contributed by atoms with Gasteiger partial charge in [-0.1, -0.05) is 12.1 Å². The van der Waals surface area contributed by atoms with E-state index in [1.165, 1.54) is 17.4 Å². The highest BCUT2D eigenvalue weighted by atomic mass is 32.1. The van der Waals surface area contributed by atoms with Gasteiger partial charge >= 0.3 is 6.18 Å². The second-order valence-corrected chi connectivity index (χ2v) is 7.37. The molecule has 0 aliphatic rings. The van der Waals surface area contributed by atoms with Crippen LogP contribution in [0.1, 0.15) is 19.3 Å². The molecule has 0 saturated heterocycles. The van der Waals surface area contributed by atoms with Gasteiger partial charge in [-0.05, 0) is 41.5 Å². The van der Waals surface area contributed by atoms with Crippen LogP contribution in [0.5, 0.6) is 5.75 Å². The molecule has 2 heterocycles. The number of halogens is 3. The Bertz CT molecular complexity index is 974. The number of anilines is 1. The van der Waals surface area contributed by atoms with Gasteiger partial charge in [0.1, 0.15) is 5.75 Å². The molecule has 0 aliphatic heterocycles. The average molecular weight is 411 g/mol. The summed E-state index contributed by atoms with van der Waals surface area (Å²) < 4.78 is 42.5. The van der Waals surface area contributed by atoms with Crippen molar-refractivity contribution >= 4 is 39.4 Å². The van der Waals surface area contributed by atoms with E-state index in [9.17, 15) is 22.8 Å². The lowest BCUT2D eigenvalue weighted by atomic mass is 10.1. The van der Waals surface area contributed by atoms with Crippen molar-refractivity contribution in [2.24, 2.45) is 0 Å². The molecule has 0 saturated carbocycles. The molecule has 1 N–H and O–H groups in total. The molecule has 9 heteroatoms. The standard InChI is InChI=1S/C18H12F3NO3S2/c1-25-12-4-2-10(3-5-12)11-8-15(26-9-11)22-17(24)14-7-6-13(27-14)16(23)18(19,20)21/h2-9H,1H3,(H,22,24). The molecule has 0 unspecified atom stereocenters. The van der Waals surface area contributed by atoms with E-state index in [1.54, 1.807) is 13.2 Å². The highest BCUT2D eigenvalue weighted by Crippen LogP contribution is 2.31. The molecule has 1 amide bonds. The summed E-state index contributed by atoms with van der Waals surface area (Å²) in [6.45, 7) is 0. The molecule has 0 aliphatic carbocycles. The maximum atomic E-state index is 12.5. The summed E-state index contributed by atoms with van der Waals surface area (Å²) in [5.41, 5.74) is 1.82. The van der Waals surface area contributed by atoms with Crippen LogP contribution in [0.25, 0.3) is 11.1 Å². The van der Waals surface area contributed by atoms with Gasteiger partial charge in [0.15, 0.2) is 0 Å². The quantitative estimate of drug-likeness (QED) is 0.566. The van der Waals surface area contributed by atoms with E-state index in [0.29, 0.717) is 16.3 Å². The monoisotopic (exact) mass is 411 g/mol. The van der Waals surface area contributed by atoms with E-state index in [1.807, 2.05) is 29.6 Å². The molecule has 0 atom stereocenters. The number of hydrogen-bond donors (Lipinski definition) is 1. The number of hydrogen-bond acceptors (Lipinski definition) is 5. The van der Waals surface area contributed by atoms with Crippen LogP contribution in [0.15, 0.2) is 47.8 Å². The van der Waals surface area contributed by atoms with Crippen molar-refractivity contribution in [1.29, 1.82) is 0 Å². The molecule has 0 radical (unpaired) electrons. The van der Waals surface area contributed by atoms with E-state index in [-0.39, 0.29) is 4.88 Å². The van der Waals surface area contributed by atoms with Gasteiger partial charge in [-0.3, -0.25) is 9.59 Å². The van der Waals surface area contributed by atoms with Gasteiger partial charge < -0.3 is 10.1 Å². The van der Waals surface area contributed by atoms with Crippen molar-refractivity contribution in [2.45, 2.75) is 6.18 Å². The Labute approximate surface area is 160 Å². The van der Waals surface area contributed by atoms with Gasteiger partial charge in [-0.15, -0.1) is 22.7 Å². The maximum Gasteiger partial charge on any atom is 0.455 e. The lowest BCUT2D eigenvalue weighted by Crippen LogP contribution is -2.21. The zero-order valence-corrected chi connectivity index (χ0v) is 15.4. The van der Waals surface area contributed by atoms with Crippen LogP contribution in [-0.4, -0.2) is 25.0 Å². The Morgan fingerprint density at radius 1 is 1.00 bits per heavy atom. The minimum Gasteiger partial charge on any atom is -0.497 e. The normalized spacial score (nSPS) is 11.3. The maximum absolute atomic E-state index is 12.5. The summed E-state index contributed by atoms with van der Waals surface area (Å²) in [7, 11) is 1.57. The zero-order chi connectivity index (χ0) is 19.6. The number of alkyl halides is 3. The second-order valence-electron chi connectivity index (χ2n) is 5.37. The fraction of sp³-hybridized carbons (Fsp3) is 0.111. The topological polar surface area (TPSA) is 55.4 Å². The fourth-order valence-corrected chi connectivity index (χ4v) is 3.90. The van der Waals surface area contributed by atoms with Gasteiger partial charge in [0.25, 0.3) is 11.7 Å². The van der Waals surface area contributed by atoms with Crippen molar-refractivity contribution in [3.8, 4) is 16.9 Å². The van der Waals surface area contributed by atoms with Crippen LogP contribution < -0.4 is 10.1 Å². The Balaban J connectivity index is 1.71. The molecule has 140 valence electrons. The minimum atomic E-state index is -4.96. The summed E-state index contributed by atoms with van der Waals surface area (Å²) in [5.74, 6) is -1.79. The van der Waals surface area contributed by atoms with E-state index in [0.717, 1.165) is 22.9 Å². The largest absolute Gasteiger partial charge is 0.497 e. The lowest BCUT2D eigenvalue weighted by molar-refractivity contribution is -0.0882. The van der Waals surface area contributed by atoms with Crippen molar-refractivity contribution in [2.75, 3.05) is 12.4 Å². The fourth-order valence-electron chi connectivity index (χ4n) is 2.23. The van der Waals surface area contributed by atoms with Gasteiger partial charge in [-0.25, -0.2) is 0 Å². The van der Waals surface area contributed by atoms with Crippen LogP contribution >= 0.6 is 22.7 Å². The lowest BCUT2D eigenvalue weighted by Gasteiger charge is -2.02. The Kier molecular flexibility index (Phi) is 5.33. The van der Waals surface area contributed by atoms with Crippen LogP contribution in [0.4, 0.5) is 18.2 Å². The van der Waals surface area contributed by atoms with Crippen LogP contribution in [0, 0.1) is 0 Å². The number of nitrogens with one attached hydrogen (secondary N) is 1. The van der Waals surface area contributed by atoms with E-state index in [2.05, 4.69) is 5.32 Å². The average Bonchev–Trinajstić information content (AvgIpc) is 3.30. The van der Waals surface area contributed by atoms with Crippen LogP contribution in [0.2, 0.25) is 0 Å². The SMILES string of the molecule is COc1ccc(-c2csc(NC(=O)c3ccc(C(=O)C(F)(F)F)s3)c2)cc1. The van der Waals surface area contributed by atoms with Crippen molar-refractivity contribution < 1.29 is 27.5 Å².